The van der Waals surface area contributed by atoms with E-state index in [4.69, 9.17) is 10.5 Å². The van der Waals surface area contributed by atoms with Crippen LogP contribution in [0.1, 0.15) is 24.0 Å². The summed E-state index contributed by atoms with van der Waals surface area (Å²) in [6, 6.07) is 6.53. The molecule has 0 aliphatic carbocycles. The van der Waals surface area contributed by atoms with Gasteiger partial charge in [-0.25, -0.2) is 0 Å². The van der Waals surface area contributed by atoms with E-state index >= 15 is 0 Å². The molecule has 17 heavy (non-hydrogen) atoms. The number of aryl methyl sites for hydroxylation is 1. The zero-order valence-electron chi connectivity index (χ0n) is 10.8. The lowest BCUT2D eigenvalue weighted by Crippen LogP contribution is -2.39. The Morgan fingerprint density at radius 2 is 2.29 bits per heavy atom. The van der Waals surface area contributed by atoms with Gasteiger partial charge < -0.3 is 15.4 Å². The summed E-state index contributed by atoms with van der Waals surface area (Å²) in [6.07, 6.45) is 2.71. The predicted molar refractivity (Wildman–Crippen MR) is 71.3 cm³/mol. The fourth-order valence-corrected chi connectivity index (χ4v) is 2.54. The van der Waals surface area contributed by atoms with Gasteiger partial charge in [0, 0.05) is 32.4 Å². The van der Waals surface area contributed by atoms with Crippen molar-refractivity contribution in [3.8, 4) is 0 Å². The van der Waals surface area contributed by atoms with Gasteiger partial charge in [-0.15, -0.1) is 0 Å². The average Bonchev–Trinajstić information content (AvgIpc) is 2.38. The van der Waals surface area contributed by atoms with Crippen molar-refractivity contribution in [2.24, 2.45) is 5.73 Å². The molecule has 1 aliphatic rings. The SMILES string of the molecule is COC1CCCN(c2ccc(C)cc2CN)C1. The van der Waals surface area contributed by atoms with Crippen molar-refractivity contribution in [2.45, 2.75) is 32.4 Å². The number of anilines is 1. The van der Waals surface area contributed by atoms with Gasteiger partial charge in [0.2, 0.25) is 0 Å². The predicted octanol–water partition coefficient (Wildman–Crippen LogP) is 2.07. The molecule has 0 bridgehead atoms. The number of hydrogen-bond acceptors (Lipinski definition) is 3. The normalized spacial score (nSPS) is 20.6. The number of piperidine rings is 1. The Kier molecular flexibility index (Phi) is 4.02. The molecule has 3 heteroatoms. The van der Waals surface area contributed by atoms with Gasteiger partial charge >= 0.3 is 0 Å². The molecule has 1 aromatic carbocycles. The van der Waals surface area contributed by atoms with Gasteiger partial charge in [-0.3, -0.25) is 0 Å². The van der Waals surface area contributed by atoms with E-state index in [0.29, 0.717) is 12.6 Å². The molecule has 94 valence electrons. The number of methoxy groups -OCH3 is 1. The first kappa shape index (κ1) is 12.4. The molecule has 1 saturated heterocycles. The molecule has 1 heterocycles. The third-order valence-corrected chi connectivity index (χ3v) is 3.51. The number of nitrogens with two attached hydrogens (primary N) is 1. The lowest BCUT2D eigenvalue weighted by Gasteiger charge is -2.34. The van der Waals surface area contributed by atoms with Crippen LogP contribution in [0.15, 0.2) is 18.2 Å². The Morgan fingerprint density at radius 3 is 3.00 bits per heavy atom. The number of benzene rings is 1. The van der Waals surface area contributed by atoms with Crippen LogP contribution in [-0.2, 0) is 11.3 Å². The molecule has 0 aromatic heterocycles. The molecule has 0 radical (unpaired) electrons. The van der Waals surface area contributed by atoms with Crippen LogP contribution in [0.2, 0.25) is 0 Å². The minimum absolute atomic E-state index is 0.357. The molecule has 3 nitrogen and oxygen atoms in total. The molecule has 0 amide bonds. The summed E-state index contributed by atoms with van der Waals surface area (Å²) >= 11 is 0. The summed E-state index contributed by atoms with van der Waals surface area (Å²) in [5.41, 5.74) is 9.62. The van der Waals surface area contributed by atoms with Gasteiger partial charge in [-0.2, -0.15) is 0 Å². The Morgan fingerprint density at radius 1 is 1.47 bits per heavy atom. The molecule has 0 spiro atoms. The third kappa shape index (κ3) is 2.79. The van der Waals surface area contributed by atoms with Crippen molar-refractivity contribution >= 4 is 5.69 Å². The smallest absolute Gasteiger partial charge is 0.0746 e. The summed E-state index contributed by atoms with van der Waals surface area (Å²) in [4.78, 5) is 2.40. The number of ether oxygens (including phenoxy) is 1. The zero-order valence-corrected chi connectivity index (χ0v) is 10.8. The Labute approximate surface area is 104 Å². The number of hydrogen-bond donors (Lipinski definition) is 1. The maximum Gasteiger partial charge on any atom is 0.0746 e. The van der Waals surface area contributed by atoms with E-state index in [-0.39, 0.29) is 0 Å². The Bertz CT molecular complexity index is 378. The second kappa shape index (κ2) is 5.52. The van der Waals surface area contributed by atoms with Gasteiger partial charge in [0.05, 0.1) is 6.10 Å². The van der Waals surface area contributed by atoms with Gasteiger partial charge in [-0.1, -0.05) is 17.7 Å². The minimum atomic E-state index is 0.357. The molecule has 2 N–H and O–H groups in total. The van der Waals surface area contributed by atoms with Crippen molar-refractivity contribution in [2.75, 3.05) is 25.1 Å². The van der Waals surface area contributed by atoms with E-state index in [2.05, 4.69) is 30.0 Å². The average molecular weight is 234 g/mol. The standard InChI is InChI=1S/C14H22N2O/c1-11-5-6-14(12(8-11)9-15)16-7-3-4-13(10-16)17-2/h5-6,8,13H,3-4,7,9-10,15H2,1-2H3. The van der Waals surface area contributed by atoms with Gasteiger partial charge in [0.15, 0.2) is 0 Å². The van der Waals surface area contributed by atoms with Gasteiger partial charge in [0.1, 0.15) is 0 Å². The highest BCUT2D eigenvalue weighted by Crippen LogP contribution is 2.25. The summed E-state index contributed by atoms with van der Waals surface area (Å²) < 4.78 is 5.47. The lowest BCUT2D eigenvalue weighted by atomic mass is 10.0. The van der Waals surface area contributed by atoms with Crippen molar-refractivity contribution in [3.05, 3.63) is 29.3 Å². The van der Waals surface area contributed by atoms with Crippen molar-refractivity contribution in [3.63, 3.8) is 0 Å². The Hall–Kier alpha value is -1.06. The maximum atomic E-state index is 5.84. The van der Waals surface area contributed by atoms with Crippen LogP contribution in [0.5, 0.6) is 0 Å². The van der Waals surface area contributed by atoms with Crippen LogP contribution in [0.4, 0.5) is 5.69 Å². The number of nitrogens with zero attached hydrogens (tertiary/aromatic N) is 1. The third-order valence-electron chi connectivity index (χ3n) is 3.51. The molecule has 1 aliphatic heterocycles. The highest BCUT2D eigenvalue weighted by molar-refractivity contribution is 5.55. The molecular formula is C14H22N2O. The molecular weight excluding hydrogens is 212 g/mol. The minimum Gasteiger partial charge on any atom is -0.380 e. The molecule has 1 aromatic rings. The van der Waals surface area contributed by atoms with Gasteiger partial charge in [0.25, 0.3) is 0 Å². The lowest BCUT2D eigenvalue weighted by molar-refractivity contribution is 0.0893. The van der Waals surface area contributed by atoms with Gasteiger partial charge in [-0.05, 0) is 31.4 Å². The van der Waals surface area contributed by atoms with E-state index in [1.807, 2.05) is 0 Å². The topological polar surface area (TPSA) is 38.5 Å². The fourth-order valence-electron chi connectivity index (χ4n) is 2.54. The number of rotatable bonds is 3. The fraction of sp³-hybridized carbons (Fsp3) is 0.571. The van der Waals surface area contributed by atoms with Crippen LogP contribution in [-0.4, -0.2) is 26.3 Å². The van der Waals surface area contributed by atoms with Crippen LogP contribution >= 0.6 is 0 Å². The summed E-state index contributed by atoms with van der Waals surface area (Å²) in [5.74, 6) is 0. The van der Waals surface area contributed by atoms with Crippen molar-refractivity contribution in [1.29, 1.82) is 0 Å². The monoisotopic (exact) mass is 234 g/mol. The van der Waals surface area contributed by atoms with E-state index in [1.54, 1.807) is 7.11 Å². The van der Waals surface area contributed by atoms with Crippen LogP contribution in [0, 0.1) is 6.92 Å². The molecule has 1 fully saturated rings. The van der Waals surface area contributed by atoms with E-state index < -0.39 is 0 Å². The molecule has 2 rings (SSSR count). The van der Waals surface area contributed by atoms with Crippen molar-refractivity contribution in [1.82, 2.24) is 0 Å². The molecule has 1 atom stereocenters. The largest absolute Gasteiger partial charge is 0.380 e. The second-order valence-electron chi connectivity index (χ2n) is 4.78. The maximum absolute atomic E-state index is 5.84. The van der Waals surface area contributed by atoms with Crippen molar-refractivity contribution < 1.29 is 4.74 Å². The van der Waals surface area contributed by atoms with E-state index in [1.165, 1.54) is 23.2 Å². The second-order valence-corrected chi connectivity index (χ2v) is 4.78. The summed E-state index contributed by atoms with van der Waals surface area (Å²) in [5, 5.41) is 0. The first-order chi connectivity index (χ1) is 8.24. The molecule has 1 unspecified atom stereocenters. The zero-order chi connectivity index (χ0) is 12.3. The highest BCUT2D eigenvalue weighted by Gasteiger charge is 2.20. The quantitative estimate of drug-likeness (QED) is 0.870. The summed E-state index contributed by atoms with van der Waals surface area (Å²) in [7, 11) is 1.80. The Balaban J connectivity index is 2.20. The first-order valence-electron chi connectivity index (χ1n) is 6.32. The molecule has 0 saturated carbocycles. The van der Waals surface area contributed by atoms with Crippen LogP contribution < -0.4 is 10.6 Å². The summed E-state index contributed by atoms with van der Waals surface area (Å²) in [6.45, 7) is 4.80. The van der Waals surface area contributed by atoms with Crippen LogP contribution in [0.25, 0.3) is 0 Å². The highest BCUT2D eigenvalue weighted by atomic mass is 16.5. The first-order valence-corrected chi connectivity index (χ1v) is 6.32. The van der Waals surface area contributed by atoms with E-state index in [0.717, 1.165) is 19.5 Å². The van der Waals surface area contributed by atoms with Crippen LogP contribution in [0.3, 0.4) is 0 Å². The van der Waals surface area contributed by atoms with E-state index in [9.17, 15) is 0 Å².